The van der Waals surface area contributed by atoms with Gasteiger partial charge in [0.15, 0.2) is 5.82 Å². The van der Waals surface area contributed by atoms with Crippen LogP contribution in [0.25, 0.3) is 0 Å². The number of primary amides is 1. The molecule has 0 saturated carbocycles. The van der Waals surface area contributed by atoms with Crippen molar-refractivity contribution in [2.45, 2.75) is 19.8 Å². The third-order valence-corrected chi connectivity index (χ3v) is 2.92. The average molecular weight is 303 g/mol. The molecular formula is C10H15BrN4O2. The van der Waals surface area contributed by atoms with Gasteiger partial charge in [-0.25, -0.2) is 4.98 Å². The first-order valence-corrected chi connectivity index (χ1v) is 6.12. The second kappa shape index (κ2) is 6.39. The van der Waals surface area contributed by atoms with Crippen LogP contribution in [0.4, 0.5) is 5.82 Å². The molecule has 0 aromatic carbocycles. The molecule has 1 amide bonds. The summed E-state index contributed by atoms with van der Waals surface area (Å²) in [6, 6.07) is 0. The first-order chi connectivity index (χ1) is 8.06. The summed E-state index contributed by atoms with van der Waals surface area (Å²) >= 11 is 3.16. The number of hydrogen-bond donors (Lipinski definition) is 2. The van der Waals surface area contributed by atoms with Crippen LogP contribution in [-0.2, 0) is 4.79 Å². The Morgan fingerprint density at radius 1 is 1.65 bits per heavy atom. The molecule has 0 bridgehead atoms. The zero-order valence-corrected chi connectivity index (χ0v) is 11.2. The van der Waals surface area contributed by atoms with Crippen LogP contribution in [0.1, 0.15) is 19.8 Å². The molecule has 17 heavy (non-hydrogen) atoms. The van der Waals surface area contributed by atoms with Crippen molar-refractivity contribution in [1.82, 2.24) is 9.97 Å². The van der Waals surface area contributed by atoms with Crippen LogP contribution in [0.2, 0.25) is 0 Å². The Hall–Kier alpha value is -1.37. The van der Waals surface area contributed by atoms with Crippen molar-refractivity contribution in [3.63, 3.8) is 0 Å². The predicted molar refractivity (Wildman–Crippen MR) is 68.9 cm³/mol. The van der Waals surface area contributed by atoms with Crippen LogP contribution in [0.15, 0.2) is 15.6 Å². The number of aromatic nitrogens is 2. The number of unbranched alkanes of at least 4 members (excludes halogenated alkanes) is 1. The summed E-state index contributed by atoms with van der Waals surface area (Å²) in [5.41, 5.74) is 4.90. The molecule has 7 heteroatoms. The Morgan fingerprint density at radius 2 is 2.35 bits per heavy atom. The highest BCUT2D eigenvalue weighted by Gasteiger charge is 2.15. The molecular weight excluding hydrogens is 288 g/mol. The van der Waals surface area contributed by atoms with Crippen LogP contribution in [0.3, 0.4) is 0 Å². The van der Waals surface area contributed by atoms with Crippen LogP contribution >= 0.6 is 15.9 Å². The number of rotatable bonds is 6. The van der Waals surface area contributed by atoms with Crippen LogP contribution in [-0.4, -0.2) is 29.0 Å². The average Bonchev–Trinajstić information content (AvgIpc) is 2.28. The Morgan fingerprint density at radius 3 is 2.94 bits per heavy atom. The van der Waals surface area contributed by atoms with Gasteiger partial charge in [0.05, 0.1) is 12.9 Å². The standard InChI is InChI=1S/C10H15BrN4O2/c1-2-3-4-15(5-7(12)16)9-8(11)10(17)14-6-13-9/h6H,2-5H2,1H3,(H2,12,16)(H,13,14,17). The number of aromatic amines is 1. The maximum absolute atomic E-state index is 11.4. The molecule has 0 unspecified atom stereocenters. The van der Waals surface area contributed by atoms with Gasteiger partial charge < -0.3 is 15.6 Å². The van der Waals surface area contributed by atoms with Crippen molar-refractivity contribution < 1.29 is 4.79 Å². The molecule has 0 spiro atoms. The maximum Gasteiger partial charge on any atom is 0.267 e. The molecule has 0 aliphatic rings. The maximum atomic E-state index is 11.4. The quantitative estimate of drug-likeness (QED) is 0.806. The van der Waals surface area contributed by atoms with E-state index in [1.165, 1.54) is 6.33 Å². The van der Waals surface area contributed by atoms with Gasteiger partial charge >= 0.3 is 0 Å². The first-order valence-electron chi connectivity index (χ1n) is 5.32. The molecule has 1 aromatic heterocycles. The molecule has 0 aliphatic carbocycles. The third kappa shape index (κ3) is 3.85. The fourth-order valence-electron chi connectivity index (χ4n) is 1.39. The van der Waals surface area contributed by atoms with Crippen molar-refractivity contribution in [2.24, 2.45) is 5.73 Å². The number of nitrogens with one attached hydrogen (secondary N) is 1. The minimum atomic E-state index is -0.449. The van der Waals surface area contributed by atoms with E-state index in [4.69, 9.17) is 5.73 Å². The third-order valence-electron chi connectivity index (χ3n) is 2.21. The summed E-state index contributed by atoms with van der Waals surface area (Å²) in [5, 5.41) is 0. The van der Waals surface area contributed by atoms with E-state index in [0.717, 1.165) is 12.8 Å². The molecule has 1 rings (SSSR count). The highest BCUT2D eigenvalue weighted by Crippen LogP contribution is 2.19. The molecule has 3 N–H and O–H groups in total. The number of carbonyl (C=O) groups is 1. The van der Waals surface area contributed by atoms with Crippen molar-refractivity contribution in [1.29, 1.82) is 0 Å². The van der Waals surface area contributed by atoms with E-state index >= 15 is 0 Å². The first kappa shape index (κ1) is 13.7. The second-order valence-electron chi connectivity index (χ2n) is 3.61. The lowest BCUT2D eigenvalue weighted by atomic mass is 10.3. The van der Waals surface area contributed by atoms with E-state index in [1.54, 1.807) is 4.90 Å². The van der Waals surface area contributed by atoms with E-state index in [1.807, 2.05) is 6.92 Å². The zero-order valence-electron chi connectivity index (χ0n) is 9.57. The number of carbonyl (C=O) groups excluding carboxylic acids is 1. The fraction of sp³-hybridized carbons (Fsp3) is 0.500. The Labute approximate surface area is 107 Å². The number of halogens is 1. The van der Waals surface area contributed by atoms with Crippen molar-refractivity contribution in [3.05, 3.63) is 21.2 Å². The molecule has 0 atom stereocenters. The fourth-order valence-corrected chi connectivity index (χ4v) is 1.86. The van der Waals surface area contributed by atoms with Crippen molar-refractivity contribution in [2.75, 3.05) is 18.0 Å². The minimum absolute atomic E-state index is 0.0506. The molecule has 0 saturated heterocycles. The van der Waals surface area contributed by atoms with Crippen LogP contribution in [0.5, 0.6) is 0 Å². The van der Waals surface area contributed by atoms with E-state index in [9.17, 15) is 9.59 Å². The molecule has 0 fully saturated rings. The van der Waals surface area contributed by atoms with Gasteiger partial charge in [-0.3, -0.25) is 9.59 Å². The highest BCUT2D eigenvalue weighted by molar-refractivity contribution is 9.10. The predicted octanol–water partition coefficient (Wildman–Crippen LogP) is 0.624. The Bertz CT molecular complexity index is 446. The molecule has 94 valence electrons. The van der Waals surface area contributed by atoms with Crippen LogP contribution < -0.4 is 16.2 Å². The summed E-state index contributed by atoms with van der Waals surface area (Å²) in [6.45, 7) is 2.73. The smallest absolute Gasteiger partial charge is 0.267 e. The van der Waals surface area contributed by atoms with Crippen molar-refractivity contribution in [3.8, 4) is 0 Å². The lowest BCUT2D eigenvalue weighted by Crippen LogP contribution is -2.36. The van der Waals surface area contributed by atoms with Gasteiger partial charge in [-0.1, -0.05) is 13.3 Å². The summed E-state index contributed by atoms with van der Waals surface area (Å²) in [7, 11) is 0. The number of nitrogens with two attached hydrogens (primary N) is 1. The molecule has 1 heterocycles. The molecule has 6 nitrogen and oxygen atoms in total. The number of hydrogen-bond acceptors (Lipinski definition) is 4. The minimum Gasteiger partial charge on any atom is -0.368 e. The van der Waals surface area contributed by atoms with Gasteiger partial charge in [0.1, 0.15) is 4.47 Å². The topological polar surface area (TPSA) is 92.1 Å². The monoisotopic (exact) mass is 302 g/mol. The largest absolute Gasteiger partial charge is 0.368 e. The van der Waals surface area contributed by atoms with Crippen LogP contribution in [0, 0.1) is 0 Å². The van der Waals surface area contributed by atoms with Gasteiger partial charge in [-0.2, -0.15) is 0 Å². The van der Waals surface area contributed by atoms with E-state index in [-0.39, 0.29) is 12.1 Å². The Kier molecular flexibility index (Phi) is 5.14. The van der Waals surface area contributed by atoms with E-state index < -0.39 is 5.91 Å². The van der Waals surface area contributed by atoms with E-state index in [2.05, 4.69) is 25.9 Å². The highest BCUT2D eigenvalue weighted by atomic mass is 79.9. The molecule has 0 radical (unpaired) electrons. The Balaban J connectivity index is 2.98. The number of anilines is 1. The lowest BCUT2D eigenvalue weighted by molar-refractivity contribution is -0.116. The van der Waals surface area contributed by atoms with Gasteiger partial charge in [-0.05, 0) is 22.4 Å². The normalized spacial score (nSPS) is 10.2. The zero-order chi connectivity index (χ0) is 12.8. The molecule has 0 aliphatic heterocycles. The molecule has 1 aromatic rings. The van der Waals surface area contributed by atoms with Crippen molar-refractivity contribution >= 4 is 27.7 Å². The number of nitrogens with zero attached hydrogens (tertiary/aromatic N) is 2. The van der Waals surface area contributed by atoms with Gasteiger partial charge in [0.2, 0.25) is 5.91 Å². The second-order valence-corrected chi connectivity index (χ2v) is 4.40. The summed E-state index contributed by atoms with van der Waals surface area (Å²) < 4.78 is 0.317. The number of H-pyrrole nitrogens is 1. The van der Waals surface area contributed by atoms with Gasteiger partial charge in [-0.15, -0.1) is 0 Å². The van der Waals surface area contributed by atoms with Gasteiger partial charge in [0.25, 0.3) is 5.56 Å². The SMILES string of the molecule is CCCCN(CC(N)=O)c1nc[nH]c(=O)c1Br. The summed E-state index contributed by atoms with van der Waals surface area (Å²) in [5.74, 6) is -0.00363. The van der Waals surface area contributed by atoms with E-state index in [0.29, 0.717) is 16.8 Å². The summed E-state index contributed by atoms with van der Waals surface area (Å²) in [4.78, 5) is 30.6. The summed E-state index contributed by atoms with van der Waals surface area (Å²) in [6.07, 6.45) is 3.19. The van der Waals surface area contributed by atoms with Gasteiger partial charge in [0, 0.05) is 6.54 Å². The number of amides is 1. The lowest BCUT2D eigenvalue weighted by Gasteiger charge is -2.22.